The predicted octanol–water partition coefficient (Wildman–Crippen LogP) is 3.63. The molecule has 3 aromatic rings. The van der Waals surface area contributed by atoms with Crippen molar-refractivity contribution in [1.29, 1.82) is 0 Å². The number of anilines is 1. The highest BCUT2D eigenvalue weighted by atomic mass is 32.2. The van der Waals surface area contributed by atoms with Crippen molar-refractivity contribution in [2.75, 3.05) is 11.1 Å². The summed E-state index contributed by atoms with van der Waals surface area (Å²) in [5.41, 5.74) is 1.07. The third-order valence-electron chi connectivity index (χ3n) is 3.97. The van der Waals surface area contributed by atoms with E-state index in [2.05, 4.69) is 15.3 Å². The molecule has 146 valence electrons. The summed E-state index contributed by atoms with van der Waals surface area (Å²) in [5.74, 6) is -0.637. The average molecular weight is 400 g/mol. The zero-order valence-corrected chi connectivity index (χ0v) is 16.7. The van der Waals surface area contributed by atoms with Crippen LogP contribution in [-0.4, -0.2) is 26.2 Å². The molecule has 3 rings (SSSR count). The number of rotatable bonds is 6. The standard InChI is InChI=1S/C20H21FN4O2S/c1-12(2)10-25-19(27)14-5-4-8-22-18(14)24-20(25)28-11-17(26)23-16-7-6-13(3)9-15(16)21/h4-9,12H,10-11H2,1-3H3,(H,23,26). The number of hydrogen-bond donors (Lipinski definition) is 1. The molecule has 0 bridgehead atoms. The van der Waals surface area contributed by atoms with Gasteiger partial charge in [-0.1, -0.05) is 31.7 Å². The van der Waals surface area contributed by atoms with Crippen LogP contribution in [0.2, 0.25) is 0 Å². The van der Waals surface area contributed by atoms with E-state index in [1.54, 1.807) is 35.9 Å². The molecule has 0 radical (unpaired) electrons. The second-order valence-electron chi connectivity index (χ2n) is 6.90. The lowest BCUT2D eigenvalue weighted by Gasteiger charge is -2.14. The van der Waals surface area contributed by atoms with Crippen molar-refractivity contribution in [2.24, 2.45) is 5.92 Å². The van der Waals surface area contributed by atoms with Crippen molar-refractivity contribution in [3.05, 3.63) is 58.3 Å². The Morgan fingerprint density at radius 2 is 2.11 bits per heavy atom. The number of nitrogens with zero attached hydrogens (tertiary/aromatic N) is 3. The fraction of sp³-hybridized carbons (Fsp3) is 0.300. The van der Waals surface area contributed by atoms with E-state index < -0.39 is 5.82 Å². The van der Waals surface area contributed by atoms with Crippen molar-refractivity contribution in [2.45, 2.75) is 32.5 Å². The van der Waals surface area contributed by atoms with Gasteiger partial charge in [0.15, 0.2) is 10.8 Å². The Morgan fingerprint density at radius 3 is 2.82 bits per heavy atom. The lowest BCUT2D eigenvalue weighted by Crippen LogP contribution is -2.26. The number of aryl methyl sites for hydroxylation is 1. The Balaban J connectivity index is 1.82. The first-order chi connectivity index (χ1) is 13.3. The number of pyridine rings is 1. The van der Waals surface area contributed by atoms with Gasteiger partial charge in [-0.3, -0.25) is 14.2 Å². The molecule has 2 heterocycles. The summed E-state index contributed by atoms with van der Waals surface area (Å²) >= 11 is 1.13. The highest BCUT2D eigenvalue weighted by Gasteiger charge is 2.15. The SMILES string of the molecule is Cc1ccc(NC(=O)CSc2nc3ncccc3c(=O)n2CC(C)C)c(F)c1. The van der Waals surface area contributed by atoms with E-state index in [1.165, 1.54) is 12.1 Å². The largest absolute Gasteiger partial charge is 0.323 e. The summed E-state index contributed by atoms with van der Waals surface area (Å²) in [6, 6.07) is 8.00. The number of halogens is 1. The first-order valence-electron chi connectivity index (χ1n) is 8.89. The molecule has 2 aromatic heterocycles. The van der Waals surface area contributed by atoms with Crippen LogP contribution in [0.1, 0.15) is 19.4 Å². The molecule has 0 saturated heterocycles. The number of carbonyl (C=O) groups is 1. The molecule has 0 aliphatic carbocycles. The van der Waals surface area contributed by atoms with Gasteiger partial charge in [0, 0.05) is 12.7 Å². The highest BCUT2D eigenvalue weighted by Crippen LogP contribution is 2.20. The van der Waals surface area contributed by atoms with Crippen LogP contribution >= 0.6 is 11.8 Å². The molecule has 6 nitrogen and oxygen atoms in total. The maximum atomic E-state index is 13.9. The van der Waals surface area contributed by atoms with Crippen LogP contribution in [0.25, 0.3) is 11.0 Å². The van der Waals surface area contributed by atoms with Gasteiger partial charge in [0.25, 0.3) is 5.56 Å². The van der Waals surface area contributed by atoms with Crippen LogP contribution in [0.4, 0.5) is 10.1 Å². The van der Waals surface area contributed by atoms with Gasteiger partial charge in [-0.05, 0) is 42.7 Å². The zero-order valence-electron chi connectivity index (χ0n) is 15.9. The van der Waals surface area contributed by atoms with E-state index in [0.717, 1.165) is 17.3 Å². The maximum absolute atomic E-state index is 13.9. The monoisotopic (exact) mass is 400 g/mol. The quantitative estimate of drug-likeness (QED) is 0.505. The van der Waals surface area contributed by atoms with Crippen LogP contribution in [0.5, 0.6) is 0 Å². The van der Waals surface area contributed by atoms with Gasteiger partial charge in [-0.25, -0.2) is 14.4 Å². The maximum Gasteiger partial charge on any atom is 0.263 e. The molecule has 0 aliphatic heterocycles. The predicted molar refractivity (Wildman–Crippen MR) is 109 cm³/mol. The molecule has 28 heavy (non-hydrogen) atoms. The Labute approximate surface area is 166 Å². The van der Waals surface area contributed by atoms with Gasteiger partial charge in [0.2, 0.25) is 5.91 Å². The lowest BCUT2D eigenvalue weighted by atomic mass is 10.2. The van der Waals surface area contributed by atoms with Gasteiger partial charge in [-0.15, -0.1) is 0 Å². The van der Waals surface area contributed by atoms with Crippen molar-refractivity contribution < 1.29 is 9.18 Å². The summed E-state index contributed by atoms with van der Waals surface area (Å²) in [4.78, 5) is 33.7. The van der Waals surface area contributed by atoms with E-state index in [1.807, 2.05) is 13.8 Å². The number of carbonyl (C=O) groups excluding carboxylic acids is 1. The van der Waals surface area contributed by atoms with Crippen molar-refractivity contribution in [3.63, 3.8) is 0 Å². The minimum absolute atomic E-state index is 0.00378. The smallest absolute Gasteiger partial charge is 0.263 e. The number of benzene rings is 1. The molecule has 0 fully saturated rings. The fourth-order valence-corrected chi connectivity index (χ4v) is 3.51. The Morgan fingerprint density at radius 1 is 1.32 bits per heavy atom. The number of thioether (sulfide) groups is 1. The van der Waals surface area contributed by atoms with Crippen LogP contribution in [0.3, 0.4) is 0 Å². The Hall–Kier alpha value is -2.74. The molecular weight excluding hydrogens is 379 g/mol. The van der Waals surface area contributed by atoms with E-state index in [0.29, 0.717) is 22.7 Å². The Kier molecular flexibility index (Phi) is 6.08. The number of nitrogens with one attached hydrogen (secondary N) is 1. The van der Waals surface area contributed by atoms with E-state index in [9.17, 15) is 14.0 Å². The second-order valence-corrected chi connectivity index (χ2v) is 7.84. The molecule has 0 spiro atoms. The summed E-state index contributed by atoms with van der Waals surface area (Å²) in [7, 11) is 0. The van der Waals surface area contributed by atoms with Gasteiger partial charge in [0.05, 0.1) is 16.8 Å². The normalized spacial score (nSPS) is 11.2. The average Bonchev–Trinajstić information content (AvgIpc) is 2.65. The lowest BCUT2D eigenvalue weighted by molar-refractivity contribution is -0.113. The third-order valence-corrected chi connectivity index (χ3v) is 4.95. The first kappa shape index (κ1) is 20.0. The van der Waals surface area contributed by atoms with Crippen LogP contribution in [0, 0.1) is 18.7 Å². The van der Waals surface area contributed by atoms with E-state index >= 15 is 0 Å². The van der Waals surface area contributed by atoms with Crippen molar-refractivity contribution in [3.8, 4) is 0 Å². The number of fused-ring (bicyclic) bond motifs is 1. The Bertz CT molecular complexity index is 1080. The molecule has 1 amide bonds. The minimum atomic E-state index is -0.483. The van der Waals surface area contributed by atoms with Gasteiger partial charge in [-0.2, -0.15) is 0 Å². The first-order valence-corrected chi connectivity index (χ1v) is 9.88. The number of amides is 1. The summed E-state index contributed by atoms with van der Waals surface area (Å²) < 4.78 is 15.5. The van der Waals surface area contributed by atoms with Crippen molar-refractivity contribution >= 4 is 34.4 Å². The number of hydrogen-bond acceptors (Lipinski definition) is 5. The molecule has 1 aromatic carbocycles. The molecule has 8 heteroatoms. The minimum Gasteiger partial charge on any atom is -0.323 e. The topological polar surface area (TPSA) is 76.9 Å². The molecule has 1 N–H and O–H groups in total. The molecule has 0 atom stereocenters. The summed E-state index contributed by atoms with van der Waals surface area (Å²) in [5, 5.41) is 3.42. The number of aromatic nitrogens is 3. The summed E-state index contributed by atoms with van der Waals surface area (Å²) in [6.07, 6.45) is 1.57. The molecule has 0 aliphatic rings. The molecule has 0 unspecified atom stereocenters. The van der Waals surface area contributed by atoms with Gasteiger partial charge in [0.1, 0.15) is 5.82 Å². The second kappa shape index (κ2) is 8.52. The van der Waals surface area contributed by atoms with Gasteiger partial charge < -0.3 is 5.32 Å². The van der Waals surface area contributed by atoms with Gasteiger partial charge >= 0.3 is 0 Å². The summed E-state index contributed by atoms with van der Waals surface area (Å²) in [6.45, 7) is 6.26. The molecule has 0 saturated carbocycles. The van der Waals surface area contributed by atoms with E-state index in [-0.39, 0.29) is 28.8 Å². The molecular formula is C20H21FN4O2S. The fourth-order valence-electron chi connectivity index (χ4n) is 2.71. The van der Waals surface area contributed by atoms with Crippen LogP contribution < -0.4 is 10.9 Å². The van der Waals surface area contributed by atoms with Crippen LogP contribution in [-0.2, 0) is 11.3 Å². The zero-order chi connectivity index (χ0) is 20.3. The third kappa shape index (κ3) is 4.56. The van der Waals surface area contributed by atoms with Crippen molar-refractivity contribution in [1.82, 2.24) is 14.5 Å². The van der Waals surface area contributed by atoms with Crippen LogP contribution in [0.15, 0.2) is 46.5 Å². The highest BCUT2D eigenvalue weighted by molar-refractivity contribution is 7.99. The van der Waals surface area contributed by atoms with E-state index in [4.69, 9.17) is 0 Å².